The summed E-state index contributed by atoms with van der Waals surface area (Å²) in [6, 6.07) is 0. The Labute approximate surface area is 76.2 Å². The van der Waals surface area contributed by atoms with Gasteiger partial charge in [0.05, 0.1) is 18.1 Å². The summed E-state index contributed by atoms with van der Waals surface area (Å²) < 4.78 is 0. The Balaban J connectivity index is 2.18. The minimum Gasteiger partial charge on any atom is -0.481 e. The summed E-state index contributed by atoms with van der Waals surface area (Å²) in [7, 11) is 0. The van der Waals surface area contributed by atoms with Gasteiger partial charge >= 0.3 is 5.97 Å². The molecule has 3 N–H and O–H groups in total. The second kappa shape index (κ2) is 2.96. The van der Waals surface area contributed by atoms with E-state index in [2.05, 4.69) is 0 Å². The number of fused-ring (bicyclic) bond motifs is 3. The van der Waals surface area contributed by atoms with Crippen molar-refractivity contribution >= 4 is 5.97 Å². The van der Waals surface area contributed by atoms with Crippen molar-refractivity contribution in [3.05, 3.63) is 0 Å². The molecule has 0 aromatic heterocycles. The SMILES string of the molecule is O=C(O)[C@H]1C[C@H]2CC[C@@H]1[C@H](O)[C@@H]2O. The molecular weight excluding hydrogens is 172 g/mol. The van der Waals surface area contributed by atoms with Crippen LogP contribution in [-0.4, -0.2) is 33.5 Å². The number of aliphatic hydroxyl groups excluding tert-OH is 2. The van der Waals surface area contributed by atoms with Gasteiger partial charge in [0, 0.05) is 5.92 Å². The van der Waals surface area contributed by atoms with Crippen LogP contribution < -0.4 is 0 Å². The zero-order chi connectivity index (χ0) is 9.59. The van der Waals surface area contributed by atoms with Crippen molar-refractivity contribution in [3.8, 4) is 0 Å². The lowest BCUT2D eigenvalue weighted by atomic mass is 9.62. The van der Waals surface area contributed by atoms with Gasteiger partial charge in [-0.3, -0.25) is 4.79 Å². The van der Waals surface area contributed by atoms with Crippen molar-refractivity contribution in [2.45, 2.75) is 31.5 Å². The van der Waals surface area contributed by atoms with Crippen LogP contribution in [0, 0.1) is 17.8 Å². The molecule has 0 amide bonds. The molecule has 74 valence electrons. The molecule has 0 spiro atoms. The number of carbonyl (C=O) groups is 1. The molecule has 4 nitrogen and oxygen atoms in total. The monoisotopic (exact) mass is 186 g/mol. The van der Waals surface area contributed by atoms with Gasteiger partial charge in [0.1, 0.15) is 0 Å². The minimum atomic E-state index is -0.833. The fourth-order valence-corrected chi connectivity index (χ4v) is 2.76. The van der Waals surface area contributed by atoms with Gasteiger partial charge in [-0.25, -0.2) is 0 Å². The Morgan fingerprint density at radius 1 is 1.15 bits per heavy atom. The van der Waals surface area contributed by atoms with Crippen LogP contribution in [0.3, 0.4) is 0 Å². The van der Waals surface area contributed by atoms with Crippen molar-refractivity contribution in [2.75, 3.05) is 0 Å². The fourth-order valence-electron chi connectivity index (χ4n) is 2.76. The number of aliphatic hydroxyl groups is 2. The van der Waals surface area contributed by atoms with Gasteiger partial charge in [0.15, 0.2) is 0 Å². The van der Waals surface area contributed by atoms with Crippen molar-refractivity contribution in [1.29, 1.82) is 0 Å². The Bertz CT molecular complexity index is 226. The lowest BCUT2D eigenvalue weighted by Gasteiger charge is -2.46. The van der Waals surface area contributed by atoms with Gasteiger partial charge in [0.25, 0.3) is 0 Å². The van der Waals surface area contributed by atoms with Crippen LogP contribution >= 0.6 is 0 Å². The smallest absolute Gasteiger partial charge is 0.306 e. The Hall–Kier alpha value is -0.610. The number of rotatable bonds is 1. The summed E-state index contributed by atoms with van der Waals surface area (Å²) in [5.41, 5.74) is 0. The van der Waals surface area contributed by atoms with Gasteiger partial charge in [-0.05, 0) is 25.2 Å². The lowest BCUT2D eigenvalue weighted by molar-refractivity contribution is -0.167. The predicted molar refractivity (Wildman–Crippen MR) is 44.0 cm³/mol. The molecule has 4 heteroatoms. The average molecular weight is 186 g/mol. The van der Waals surface area contributed by atoms with Crippen molar-refractivity contribution < 1.29 is 20.1 Å². The molecule has 0 aromatic carbocycles. The first-order valence-corrected chi connectivity index (χ1v) is 4.70. The van der Waals surface area contributed by atoms with Crippen LogP contribution in [-0.2, 0) is 4.79 Å². The molecule has 3 saturated carbocycles. The fraction of sp³-hybridized carbons (Fsp3) is 0.889. The van der Waals surface area contributed by atoms with E-state index in [0.717, 1.165) is 12.8 Å². The van der Waals surface area contributed by atoms with E-state index in [1.807, 2.05) is 0 Å². The largest absolute Gasteiger partial charge is 0.481 e. The molecule has 2 bridgehead atoms. The predicted octanol–water partition coefficient (Wildman–Crippen LogP) is -0.161. The van der Waals surface area contributed by atoms with Gasteiger partial charge < -0.3 is 15.3 Å². The highest BCUT2D eigenvalue weighted by molar-refractivity contribution is 5.71. The zero-order valence-electron chi connectivity index (χ0n) is 7.26. The third-order valence-corrected chi connectivity index (χ3v) is 3.53. The van der Waals surface area contributed by atoms with E-state index in [4.69, 9.17) is 5.11 Å². The summed E-state index contributed by atoms with van der Waals surface area (Å²) in [6.45, 7) is 0. The van der Waals surface area contributed by atoms with Crippen LogP contribution in [0.15, 0.2) is 0 Å². The number of aliphatic carboxylic acids is 1. The molecule has 0 heterocycles. The summed E-state index contributed by atoms with van der Waals surface area (Å²) in [5, 5.41) is 28.0. The van der Waals surface area contributed by atoms with Gasteiger partial charge in [-0.1, -0.05) is 0 Å². The molecule has 3 aliphatic carbocycles. The normalized spacial score (nSPS) is 49.2. The molecular formula is C9H14O4. The van der Waals surface area contributed by atoms with E-state index in [1.165, 1.54) is 0 Å². The van der Waals surface area contributed by atoms with E-state index in [0.29, 0.717) is 6.42 Å². The first-order valence-electron chi connectivity index (χ1n) is 4.70. The first-order chi connectivity index (χ1) is 6.11. The highest BCUT2D eigenvalue weighted by Crippen LogP contribution is 2.45. The van der Waals surface area contributed by atoms with E-state index < -0.39 is 24.1 Å². The number of hydrogen-bond donors (Lipinski definition) is 3. The van der Waals surface area contributed by atoms with E-state index >= 15 is 0 Å². The highest BCUT2D eigenvalue weighted by Gasteiger charge is 2.49. The Morgan fingerprint density at radius 3 is 2.38 bits per heavy atom. The maximum atomic E-state index is 10.8. The first kappa shape index (κ1) is 8.97. The van der Waals surface area contributed by atoms with Gasteiger partial charge in [-0.15, -0.1) is 0 Å². The summed E-state index contributed by atoms with van der Waals surface area (Å²) in [5.74, 6) is -1.53. The number of carboxylic acid groups (broad SMARTS) is 1. The standard InChI is InChI=1S/C9H14O4/c10-7-4-1-2-5(8(7)11)6(3-4)9(12)13/h4-8,10-11H,1-3H2,(H,12,13)/t4-,5+,6+,7-,8+/m1/s1. The van der Waals surface area contributed by atoms with Crippen LogP contribution in [0.1, 0.15) is 19.3 Å². The van der Waals surface area contributed by atoms with Crippen LogP contribution in [0.25, 0.3) is 0 Å². The van der Waals surface area contributed by atoms with Crippen LogP contribution in [0.4, 0.5) is 0 Å². The average Bonchev–Trinajstić information content (AvgIpc) is 2.12. The third kappa shape index (κ3) is 1.25. The van der Waals surface area contributed by atoms with Crippen molar-refractivity contribution in [2.24, 2.45) is 17.8 Å². The Morgan fingerprint density at radius 2 is 1.85 bits per heavy atom. The molecule has 13 heavy (non-hydrogen) atoms. The van der Waals surface area contributed by atoms with Crippen molar-refractivity contribution in [3.63, 3.8) is 0 Å². The van der Waals surface area contributed by atoms with Gasteiger partial charge in [0.2, 0.25) is 0 Å². The third-order valence-electron chi connectivity index (χ3n) is 3.53. The van der Waals surface area contributed by atoms with Crippen LogP contribution in [0.5, 0.6) is 0 Å². The summed E-state index contributed by atoms with van der Waals surface area (Å²) in [6.07, 6.45) is 0.591. The second-order valence-electron chi connectivity index (χ2n) is 4.16. The molecule has 5 atom stereocenters. The maximum Gasteiger partial charge on any atom is 0.306 e. The summed E-state index contributed by atoms with van der Waals surface area (Å²) in [4.78, 5) is 10.8. The molecule has 3 aliphatic rings. The molecule has 0 radical (unpaired) electrons. The maximum absolute atomic E-state index is 10.8. The molecule has 0 aliphatic heterocycles. The van der Waals surface area contributed by atoms with E-state index in [9.17, 15) is 15.0 Å². The molecule has 0 aromatic rings. The highest BCUT2D eigenvalue weighted by atomic mass is 16.4. The van der Waals surface area contributed by atoms with E-state index in [-0.39, 0.29) is 11.8 Å². The molecule has 0 saturated heterocycles. The quantitative estimate of drug-likeness (QED) is 0.531. The van der Waals surface area contributed by atoms with E-state index in [1.54, 1.807) is 0 Å². The van der Waals surface area contributed by atoms with Crippen LogP contribution in [0.2, 0.25) is 0 Å². The Kier molecular flexibility index (Phi) is 2.04. The number of carboxylic acids is 1. The minimum absolute atomic E-state index is 0.0129. The zero-order valence-corrected chi connectivity index (χ0v) is 7.26. The second-order valence-corrected chi connectivity index (χ2v) is 4.16. The molecule has 3 rings (SSSR count). The molecule has 3 fully saturated rings. The molecule has 0 unspecified atom stereocenters. The van der Waals surface area contributed by atoms with Crippen molar-refractivity contribution in [1.82, 2.24) is 0 Å². The number of hydrogen-bond acceptors (Lipinski definition) is 3. The lowest BCUT2D eigenvalue weighted by Crippen LogP contribution is -2.53. The topological polar surface area (TPSA) is 77.8 Å². The van der Waals surface area contributed by atoms with Gasteiger partial charge in [-0.2, -0.15) is 0 Å². The summed E-state index contributed by atoms with van der Waals surface area (Å²) >= 11 is 0.